The van der Waals surface area contributed by atoms with Crippen LogP contribution in [0.5, 0.6) is 0 Å². The zero-order valence-electron chi connectivity index (χ0n) is 17.1. The molecule has 1 saturated heterocycles. The lowest BCUT2D eigenvalue weighted by Crippen LogP contribution is -2.59. The van der Waals surface area contributed by atoms with Crippen LogP contribution >= 0.6 is 21.4 Å². The van der Waals surface area contributed by atoms with Crippen LogP contribution in [0.4, 0.5) is 0 Å². The predicted molar refractivity (Wildman–Crippen MR) is 109 cm³/mol. The molecule has 0 spiro atoms. The lowest BCUT2D eigenvalue weighted by Gasteiger charge is -2.37. The molecule has 1 aliphatic heterocycles. The number of hydrogen-bond acceptors (Lipinski definition) is 5. The monoisotopic (exact) mass is 470 g/mol. The first kappa shape index (κ1) is 24.4. The minimum Gasteiger partial charge on any atom is -0.480 e. The molecule has 3 aliphatic rings. The number of rotatable bonds is 4. The number of fused-ring (bicyclic) bond motifs is 1. The first-order chi connectivity index (χ1) is 13.0. The van der Waals surface area contributed by atoms with Crippen molar-refractivity contribution in [2.75, 3.05) is 6.54 Å². The maximum absolute atomic E-state index is 13.1. The van der Waals surface area contributed by atoms with Crippen molar-refractivity contribution in [2.45, 2.75) is 65.1 Å². The van der Waals surface area contributed by atoms with Crippen molar-refractivity contribution in [3.8, 4) is 0 Å². The number of aliphatic carboxylic acids is 1. The van der Waals surface area contributed by atoms with Gasteiger partial charge in [-0.3, -0.25) is 9.59 Å². The van der Waals surface area contributed by atoms with E-state index in [1.54, 1.807) is 0 Å². The van der Waals surface area contributed by atoms with Gasteiger partial charge in [-0.25, -0.2) is 9.00 Å². The Morgan fingerprint density at radius 1 is 1.21 bits per heavy atom. The van der Waals surface area contributed by atoms with Crippen LogP contribution in [0.15, 0.2) is 0 Å². The summed E-state index contributed by atoms with van der Waals surface area (Å²) in [7, 11) is 7.36. The number of aliphatic hydroxyl groups is 1. The lowest BCUT2D eigenvalue weighted by atomic mass is 9.85. The van der Waals surface area contributed by atoms with Gasteiger partial charge in [0, 0.05) is 33.8 Å². The average molecular weight is 471 g/mol. The zero-order chi connectivity index (χ0) is 22.5. The Morgan fingerprint density at radius 2 is 1.69 bits per heavy atom. The number of piperidine rings is 1. The summed E-state index contributed by atoms with van der Waals surface area (Å²) in [4.78, 5) is 38.6. The van der Waals surface area contributed by atoms with E-state index in [0.717, 1.165) is 0 Å². The number of halogens is 2. The van der Waals surface area contributed by atoms with E-state index in [-0.39, 0.29) is 23.2 Å². The van der Waals surface area contributed by atoms with Gasteiger partial charge in [0.1, 0.15) is 17.7 Å². The largest absolute Gasteiger partial charge is 0.480 e. The van der Waals surface area contributed by atoms with Gasteiger partial charge in [-0.2, -0.15) is 0 Å². The second-order valence-corrected chi connectivity index (χ2v) is 12.2. The van der Waals surface area contributed by atoms with E-state index in [1.165, 1.54) is 4.90 Å². The maximum Gasteiger partial charge on any atom is 0.326 e. The normalized spacial score (nSPS) is 29.3. The fourth-order valence-electron chi connectivity index (χ4n) is 4.22. The molecule has 0 bridgehead atoms. The zero-order valence-corrected chi connectivity index (χ0v) is 19.4. The Labute approximate surface area is 181 Å². The Kier molecular flexibility index (Phi) is 6.71. The molecule has 0 aromatic rings. The first-order valence-electron chi connectivity index (χ1n) is 9.35. The van der Waals surface area contributed by atoms with Crippen LogP contribution in [0.25, 0.3) is 0 Å². The van der Waals surface area contributed by atoms with Crippen LogP contribution in [0.1, 0.15) is 47.5 Å². The molecule has 1 unspecified atom stereocenters. The molecule has 0 aromatic heterocycles. The highest BCUT2D eigenvalue weighted by atomic mass is 36.0. The summed E-state index contributed by atoms with van der Waals surface area (Å²) < 4.78 is 9.09. The molecule has 8 nitrogen and oxygen atoms in total. The van der Waals surface area contributed by atoms with Crippen molar-refractivity contribution in [2.24, 2.45) is 22.7 Å². The van der Waals surface area contributed by atoms with Gasteiger partial charge in [0.2, 0.25) is 15.1 Å². The molecular formula is C18H28Cl2N2O6S. The lowest BCUT2D eigenvalue weighted by molar-refractivity contribution is -0.153. The summed E-state index contributed by atoms with van der Waals surface area (Å²) in [6.45, 7) is 9.94. The van der Waals surface area contributed by atoms with Crippen LogP contribution in [-0.4, -0.2) is 61.3 Å². The SMILES string of the molecule is CC(C)(C)C(NC(=O)C1(O)CC1)C(=O)N1C[C@H]2[C@@H]([C@H]1C(=O)O)C2(C)C.O=S(Cl)Cl. The van der Waals surface area contributed by atoms with Gasteiger partial charge in [0.05, 0.1) is 0 Å². The number of nitrogens with one attached hydrogen (secondary N) is 1. The summed E-state index contributed by atoms with van der Waals surface area (Å²) in [5.41, 5.74) is -2.03. The quantitative estimate of drug-likeness (QED) is 0.536. The third-order valence-electron chi connectivity index (χ3n) is 6.28. The van der Waals surface area contributed by atoms with Gasteiger partial charge in [0.15, 0.2) is 0 Å². The molecule has 3 rings (SSSR count). The number of hydrogen-bond donors (Lipinski definition) is 3. The second kappa shape index (κ2) is 7.98. The molecule has 2 amide bonds. The van der Waals surface area contributed by atoms with Crippen LogP contribution in [0.3, 0.4) is 0 Å². The molecule has 2 saturated carbocycles. The van der Waals surface area contributed by atoms with Gasteiger partial charge in [-0.05, 0) is 29.6 Å². The smallest absolute Gasteiger partial charge is 0.326 e. The first-order valence-corrected chi connectivity index (χ1v) is 12.1. The van der Waals surface area contributed by atoms with Crippen LogP contribution in [0.2, 0.25) is 0 Å². The van der Waals surface area contributed by atoms with Crippen molar-refractivity contribution < 1.29 is 28.8 Å². The highest BCUT2D eigenvalue weighted by Gasteiger charge is 2.70. The Morgan fingerprint density at radius 3 is 2.07 bits per heavy atom. The molecule has 3 fully saturated rings. The van der Waals surface area contributed by atoms with Gasteiger partial charge in [-0.1, -0.05) is 34.6 Å². The molecule has 2 aliphatic carbocycles. The molecule has 29 heavy (non-hydrogen) atoms. The second-order valence-electron chi connectivity index (χ2n) is 9.72. The summed E-state index contributed by atoms with van der Waals surface area (Å²) >= 11 is 0. The minimum atomic E-state index is -1.67. The third-order valence-corrected chi connectivity index (χ3v) is 6.28. The van der Waals surface area contributed by atoms with E-state index >= 15 is 0 Å². The van der Waals surface area contributed by atoms with Crippen molar-refractivity contribution in [1.29, 1.82) is 0 Å². The topological polar surface area (TPSA) is 124 Å². The van der Waals surface area contributed by atoms with E-state index in [1.807, 2.05) is 34.6 Å². The van der Waals surface area contributed by atoms with Crippen molar-refractivity contribution in [3.05, 3.63) is 0 Å². The molecular weight excluding hydrogens is 443 g/mol. The number of nitrogens with zero attached hydrogens (tertiary/aromatic N) is 1. The standard InChI is InChI=1S/C18H28N2O5.Cl2OS/c1-16(2,3)12(19-15(24)18(25)6-7-18)13(21)20-8-9-10(17(9,4)5)11(20)14(22)23;1-4(2)3/h9-12,25H,6-8H2,1-5H3,(H,19,24)(H,22,23);/t9-,10-,11-,12?;/m0./s1. The molecule has 166 valence electrons. The molecule has 0 radical (unpaired) electrons. The number of carboxylic acids is 1. The number of carbonyl (C=O) groups excluding carboxylic acids is 2. The fraction of sp³-hybridized carbons (Fsp3) is 0.833. The van der Waals surface area contributed by atoms with E-state index in [0.29, 0.717) is 19.4 Å². The van der Waals surface area contributed by atoms with Gasteiger partial charge >= 0.3 is 5.97 Å². The highest BCUT2D eigenvalue weighted by molar-refractivity contribution is 8.26. The van der Waals surface area contributed by atoms with E-state index in [2.05, 4.69) is 26.7 Å². The number of carbonyl (C=O) groups is 3. The number of likely N-dealkylation sites (tertiary alicyclic amines) is 1. The summed E-state index contributed by atoms with van der Waals surface area (Å²) in [6, 6.07) is -1.72. The number of carboxylic acid groups (broad SMARTS) is 1. The Balaban J connectivity index is 0.000000687. The van der Waals surface area contributed by atoms with Gasteiger partial charge in [-0.15, -0.1) is 0 Å². The van der Waals surface area contributed by atoms with Crippen LogP contribution in [-0.2, 0) is 23.6 Å². The van der Waals surface area contributed by atoms with E-state index < -0.39 is 44.2 Å². The molecule has 0 aromatic carbocycles. The highest BCUT2D eigenvalue weighted by Crippen LogP contribution is 2.65. The number of amides is 2. The average Bonchev–Trinajstić information content (AvgIpc) is 3.32. The fourth-order valence-corrected chi connectivity index (χ4v) is 4.22. The van der Waals surface area contributed by atoms with Crippen molar-refractivity contribution in [3.63, 3.8) is 0 Å². The Hall–Kier alpha value is -0.900. The van der Waals surface area contributed by atoms with Crippen molar-refractivity contribution in [1.82, 2.24) is 10.2 Å². The maximum atomic E-state index is 13.1. The van der Waals surface area contributed by atoms with E-state index in [4.69, 9.17) is 4.21 Å². The Bertz CT molecular complexity index is 730. The van der Waals surface area contributed by atoms with Gasteiger partial charge in [0.25, 0.3) is 5.91 Å². The molecule has 1 heterocycles. The molecule has 4 atom stereocenters. The minimum absolute atomic E-state index is 0.0436. The van der Waals surface area contributed by atoms with Gasteiger partial charge < -0.3 is 20.4 Å². The van der Waals surface area contributed by atoms with Crippen molar-refractivity contribution >= 4 is 48.4 Å². The third kappa shape index (κ3) is 5.06. The summed E-state index contributed by atoms with van der Waals surface area (Å²) in [5, 5.41) is 22.3. The van der Waals surface area contributed by atoms with E-state index in [9.17, 15) is 24.6 Å². The predicted octanol–water partition coefficient (Wildman–Crippen LogP) is 1.65. The van der Waals surface area contributed by atoms with Crippen LogP contribution in [0, 0.1) is 22.7 Å². The van der Waals surface area contributed by atoms with Crippen LogP contribution < -0.4 is 5.32 Å². The summed E-state index contributed by atoms with van der Waals surface area (Å²) in [5.74, 6) is -1.77. The molecule has 11 heteroatoms. The summed E-state index contributed by atoms with van der Waals surface area (Å²) in [6.07, 6.45) is 0.785. The molecule has 3 N–H and O–H groups in total.